The highest BCUT2D eigenvalue weighted by molar-refractivity contribution is 5.99. The lowest BCUT2D eigenvalue weighted by Gasteiger charge is -2.34. The summed E-state index contributed by atoms with van der Waals surface area (Å²) in [6.07, 6.45) is 3.07. The van der Waals surface area contributed by atoms with Crippen molar-refractivity contribution in [3.05, 3.63) is 71.8 Å². The van der Waals surface area contributed by atoms with E-state index in [4.69, 9.17) is 22.3 Å². The Hall–Kier alpha value is -7.30. The second-order valence-electron chi connectivity index (χ2n) is 18.4. The Balaban J connectivity index is 1.57. The molecule has 3 saturated heterocycles. The molecule has 72 heavy (non-hydrogen) atoms. The fourth-order valence-corrected chi connectivity index (χ4v) is 9.19. The number of nitrogens with two attached hydrogens (primary N) is 2. The number of amides is 8. The van der Waals surface area contributed by atoms with Crippen molar-refractivity contribution in [1.29, 1.82) is 10.8 Å². The number of fused-ring (bicyclic) bond motifs is 2. The molecule has 3 heterocycles. The number of carbonyl (C=O) groups excluding carboxylic acids is 8. The summed E-state index contributed by atoms with van der Waals surface area (Å²) in [6.45, 7) is 1.70. The minimum Gasteiger partial charge on any atom is -0.394 e. The monoisotopic (exact) mass is 1000 g/mol. The van der Waals surface area contributed by atoms with Crippen LogP contribution in [0.2, 0.25) is 0 Å². The Morgan fingerprint density at radius 3 is 1.40 bits per heavy atom. The van der Waals surface area contributed by atoms with Crippen LogP contribution in [0.4, 0.5) is 0 Å². The summed E-state index contributed by atoms with van der Waals surface area (Å²) in [6, 6.07) is 7.52. The summed E-state index contributed by atoms with van der Waals surface area (Å²) >= 11 is 0. The lowest BCUT2D eigenvalue weighted by molar-refractivity contribution is -0.148. The molecule has 392 valence electrons. The molecule has 0 saturated carbocycles. The van der Waals surface area contributed by atoms with Crippen LogP contribution in [0.5, 0.6) is 0 Å². The summed E-state index contributed by atoms with van der Waals surface area (Å²) in [5, 5.41) is 47.4. The Morgan fingerprint density at radius 2 is 0.931 bits per heavy atom. The van der Waals surface area contributed by atoms with Crippen molar-refractivity contribution in [2.24, 2.45) is 11.5 Å². The van der Waals surface area contributed by atoms with E-state index in [1.807, 2.05) is 6.92 Å². The first kappa shape index (κ1) is 55.6. The molecule has 0 unspecified atom stereocenters. The van der Waals surface area contributed by atoms with Gasteiger partial charge in [-0.25, -0.2) is 0 Å². The van der Waals surface area contributed by atoms with Crippen LogP contribution in [0.1, 0.15) is 88.7 Å². The summed E-state index contributed by atoms with van der Waals surface area (Å²) in [4.78, 5) is 118. The first-order valence-electron chi connectivity index (χ1n) is 24.9. The van der Waals surface area contributed by atoms with E-state index in [1.165, 1.54) is 9.80 Å². The highest BCUT2D eigenvalue weighted by Crippen LogP contribution is 2.26. The van der Waals surface area contributed by atoms with E-state index in [-0.39, 0.29) is 89.5 Å². The molecule has 23 heteroatoms. The number of hydrogen-bond donors (Lipinski definition) is 13. The van der Waals surface area contributed by atoms with Crippen LogP contribution in [-0.2, 0) is 51.2 Å². The van der Waals surface area contributed by atoms with Crippen molar-refractivity contribution in [2.45, 2.75) is 139 Å². The summed E-state index contributed by atoms with van der Waals surface area (Å²) < 4.78 is 0. The largest absolute Gasteiger partial charge is 0.394 e. The predicted octanol–water partition coefficient (Wildman–Crippen LogP) is -1.91. The molecule has 15 N–H and O–H groups in total. The van der Waals surface area contributed by atoms with Gasteiger partial charge in [0.2, 0.25) is 47.3 Å². The van der Waals surface area contributed by atoms with Crippen molar-refractivity contribution >= 4 is 59.2 Å². The van der Waals surface area contributed by atoms with E-state index in [1.54, 1.807) is 60.7 Å². The number of carbonyl (C=O) groups is 8. The van der Waals surface area contributed by atoms with Gasteiger partial charge in [0.25, 0.3) is 0 Å². The normalized spacial score (nSPS) is 25.1. The van der Waals surface area contributed by atoms with E-state index in [0.29, 0.717) is 43.2 Å². The number of unbranched alkanes of at least 4 members (excludes halogenated alkanes) is 1. The topological polar surface area (TPSA) is 359 Å². The van der Waals surface area contributed by atoms with Crippen molar-refractivity contribution in [2.75, 3.05) is 32.8 Å². The Bertz CT molecular complexity index is 2220. The third-order valence-corrected chi connectivity index (χ3v) is 13.0. The zero-order valence-electron chi connectivity index (χ0n) is 40.9. The molecule has 3 aliphatic rings. The van der Waals surface area contributed by atoms with Crippen LogP contribution < -0.4 is 54.0 Å². The van der Waals surface area contributed by atoms with Crippen LogP contribution in [-0.4, -0.2) is 155 Å². The molecule has 0 bridgehead atoms. The molecular formula is C49H72N14O9. The van der Waals surface area contributed by atoms with Crippen LogP contribution in [0, 0.1) is 10.8 Å². The number of aliphatic hydroxyl groups is 1. The molecule has 8 atom stereocenters. The number of guanidine groups is 2. The Morgan fingerprint density at radius 1 is 0.542 bits per heavy atom. The van der Waals surface area contributed by atoms with Crippen molar-refractivity contribution < 1.29 is 43.5 Å². The lowest BCUT2D eigenvalue weighted by atomic mass is 10.0. The fraction of sp³-hybridized carbons (Fsp3) is 0.551. The molecule has 5 rings (SSSR count). The molecule has 2 aromatic carbocycles. The van der Waals surface area contributed by atoms with E-state index >= 15 is 0 Å². The maximum Gasteiger partial charge on any atom is 0.246 e. The first-order chi connectivity index (χ1) is 34.6. The molecular weight excluding hydrogens is 929 g/mol. The SMILES string of the molecule is CCCC[C@@H]1NC(=O)[C@H](CO)NC(=O)[C@H](CCCNC(=N)N)NC(=O)[C@H](Cc2ccccc2)NC(=O)[C@H](Cc2ccccc2)NC(=O)[C@H](CCCNC(=N)N)NC(=O)[C@@H]2CCCN2C(=O)[C@H]2CCCN2C1=O. The van der Waals surface area contributed by atoms with Gasteiger partial charge in [-0.1, -0.05) is 80.4 Å². The van der Waals surface area contributed by atoms with Gasteiger partial charge in [-0.2, -0.15) is 0 Å². The van der Waals surface area contributed by atoms with E-state index in [0.717, 1.165) is 0 Å². The number of hydrogen-bond acceptors (Lipinski definition) is 11. The van der Waals surface area contributed by atoms with E-state index in [2.05, 4.69) is 42.5 Å². The van der Waals surface area contributed by atoms with Crippen molar-refractivity contribution in [3.8, 4) is 0 Å². The second-order valence-corrected chi connectivity index (χ2v) is 18.4. The van der Waals surface area contributed by atoms with Crippen LogP contribution in [0.25, 0.3) is 0 Å². The van der Waals surface area contributed by atoms with Gasteiger partial charge in [-0.3, -0.25) is 49.2 Å². The maximum atomic E-state index is 14.7. The second kappa shape index (κ2) is 27.9. The number of aliphatic hydroxyl groups excluding tert-OH is 1. The first-order valence-corrected chi connectivity index (χ1v) is 24.9. The van der Waals surface area contributed by atoms with Gasteiger partial charge in [0.1, 0.15) is 48.3 Å². The van der Waals surface area contributed by atoms with Gasteiger partial charge in [0, 0.05) is 39.0 Å². The van der Waals surface area contributed by atoms with E-state index < -0.39 is 102 Å². The highest BCUT2D eigenvalue weighted by Gasteiger charge is 2.44. The van der Waals surface area contributed by atoms with E-state index in [9.17, 15) is 43.5 Å². The molecule has 23 nitrogen and oxygen atoms in total. The molecule has 3 fully saturated rings. The van der Waals surface area contributed by atoms with Gasteiger partial charge in [0.15, 0.2) is 11.9 Å². The molecule has 2 aromatic rings. The summed E-state index contributed by atoms with van der Waals surface area (Å²) in [7, 11) is 0. The van der Waals surface area contributed by atoms with Gasteiger partial charge in [-0.05, 0) is 68.9 Å². The third-order valence-electron chi connectivity index (χ3n) is 13.0. The summed E-state index contributed by atoms with van der Waals surface area (Å²) in [5.41, 5.74) is 12.3. The quantitative estimate of drug-likeness (QED) is 0.0497. The minimum absolute atomic E-state index is 0.0233. The minimum atomic E-state index is -1.59. The zero-order chi connectivity index (χ0) is 52.2. The van der Waals surface area contributed by atoms with Crippen molar-refractivity contribution in [1.82, 2.24) is 52.3 Å². The van der Waals surface area contributed by atoms with Crippen LogP contribution in [0.3, 0.4) is 0 Å². The molecule has 0 radical (unpaired) electrons. The van der Waals surface area contributed by atoms with Gasteiger partial charge < -0.3 is 68.9 Å². The average Bonchev–Trinajstić information content (AvgIpc) is 4.07. The zero-order valence-corrected chi connectivity index (χ0v) is 40.9. The number of nitrogens with zero attached hydrogens (tertiary/aromatic N) is 2. The molecule has 0 aliphatic carbocycles. The predicted molar refractivity (Wildman–Crippen MR) is 266 cm³/mol. The van der Waals surface area contributed by atoms with Gasteiger partial charge >= 0.3 is 0 Å². The molecule has 0 spiro atoms. The smallest absolute Gasteiger partial charge is 0.246 e. The van der Waals surface area contributed by atoms with Crippen LogP contribution >= 0.6 is 0 Å². The number of benzene rings is 2. The number of rotatable bonds is 16. The molecule has 8 amide bonds. The van der Waals surface area contributed by atoms with Gasteiger partial charge in [-0.15, -0.1) is 0 Å². The Kier molecular flexibility index (Phi) is 21.6. The standard InChI is InChI=1S/C49H72N14O9/c1-2-3-18-34-46(71)63-26-13-22-39(63)47(72)62-25-12-21-38(62)45(70)57-33(20-11-24-55-49(52)53)40(65)59-36(28-31-16-8-5-9-17-31)43(68)60-35(27-30-14-6-4-7-15-30)42(67)56-32(19-10-23-54-48(50)51)41(66)61-37(29-64)44(69)58-34/h4-9,14-17,32-39,64H,2-3,10-13,18-29H2,1H3,(H,56,67)(H,57,70)(H,58,69)(H,59,65)(H,60,68)(H,61,66)(H4,50,51,54)(H4,52,53,55)/t32-,33-,34-,35-,36-,37-,38-,39+/m0/s1. The lowest BCUT2D eigenvalue weighted by Crippen LogP contribution is -2.62. The molecule has 3 aliphatic heterocycles. The fourth-order valence-electron chi connectivity index (χ4n) is 9.19. The average molecular weight is 1000 g/mol. The van der Waals surface area contributed by atoms with Gasteiger partial charge in [0.05, 0.1) is 6.61 Å². The third kappa shape index (κ3) is 16.4. The van der Waals surface area contributed by atoms with Crippen molar-refractivity contribution in [3.63, 3.8) is 0 Å². The Labute approximate surface area is 419 Å². The summed E-state index contributed by atoms with van der Waals surface area (Å²) in [5.74, 6) is -6.32. The maximum absolute atomic E-state index is 14.7. The van der Waals surface area contributed by atoms with Crippen LogP contribution in [0.15, 0.2) is 60.7 Å². The number of nitrogens with one attached hydrogen (secondary N) is 10. The highest BCUT2D eigenvalue weighted by atomic mass is 16.3. The molecule has 0 aromatic heterocycles.